The molecule has 0 fully saturated rings. The number of rotatable bonds is 5. The molecule has 0 amide bonds. The Kier molecular flexibility index (Phi) is 11.1. The van der Waals surface area contributed by atoms with Crippen LogP contribution in [0.4, 0.5) is 0 Å². The predicted molar refractivity (Wildman–Crippen MR) is 175 cm³/mol. The Labute approximate surface area is 252 Å². The molecule has 5 nitrogen and oxygen atoms in total. The first-order chi connectivity index (χ1) is 19.7. The Morgan fingerprint density at radius 2 is 0.738 bits per heavy atom. The largest absolute Gasteiger partial charge is 0.860 e. The van der Waals surface area contributed by atoms with Crippen LogP contribution in [0.1, 0.15) is 0 Å². The monoisotopic (exact) mass is 562 g/mol. The van der Waals surface area contributed by atoms with E-state index in [0.717, 1.165) is 53.1 Å². The van der Waals surface area contributed by atoms with Gasteiger partial charge in [-0.05, 0) is 27.6 Å². The fourth-order valence-electron chi connectivity index (χ4n) is 4.30. The molecular weight excluding hydrogens is 519 g/mol. The average Bonchev–Trinajstić information content (AvgIpc) is 2.92. The van der Waals surface area contributed by atoms with E-state index in [1.54, 1.807) is 0 Å². The zero-order valence-corrected chi connectivity index (χ0v) is 26.2. The molecule has 0 aliphatic rings. The minimum Gasteiger partial charge on any atom is -0.860 e. The maximum Gasteiger partial charge on any atom is 0.133 e. The van der Waals surface area contributed by atoms with E-state index in [-0.39, 0.29) is 0 Å². The molecule has 0 bridgehead atoms. The second-order valence-electron chi connectivity index (χ2n) is 12.9. The highest BCUT2D eigenvalue weighted by molar-refractivity contribution is 6.31. The molecule has 0 aromatic heterocycles. The van der Waals surface area contributed by atoms with Crippen LogP contribution < -0.4 is 14.7 Å². The van der Waals surface area contributed by atoms with Crippen LogP contribution in [-0.4, -0.2) is 72.7 Å². The lowest BCUT2D eigenvalue weighted by Gasteiger charge is -2.31. The Morgan fingerprint density at radius 1 is 0.429 bits per heavy atom. The van der Waals surface area contributed by atoms with Gasteiger partial charge in [0.15, 0.2) is 0 Å². The van der Waals surface area contributed by atoms with E-state index in [9.17, 15) is 10.0 Å². The van der Waals surface area contributed by atoms with E-state index in [1.807, 2.05) is 103 Å². The summed E-state index contributed by atoms with van der Waals surface area (Å²) in [5, 5.41) is 25.2. The summed E-state index contributed by atoms with van der Waals surface area (Å²) in [6.07, 6.45) is 0. The van der Waals surface area contributed by atoms with E-state index in [1.165, 1.54) is 0 Å². The Bertz CT molecular complexity index is 1520. The van der Waals surface area contributed by atoms with Crippen molar-refractivity contribution in [1.29, 1.82) is 0 Å². The highest BCUT2D eigenvalue weighted by Gasteiger charge is 2.23. The number of hydrogen-bond acceptors (Lipinski definition) is 3. The first-order valence-corrected chi connectivity index (χ1v) is 14.0. The fourth-order valence-corrected chi connectivity index (χ4v) is 4.30. The molecule has 0 aliphatic heterocycles. The Hall–Kier alpha value is -3.94. The third-order valence-electron chi connectivity index (χ3n) is 5.57. The van der Waals surface area contributed by atoms with Gasteiger partial charge in [0, 0.05) is 16.5 Å². The van der Waals surface area contributed by atoms with Gasteiger partial charge in [-0.15, -0.1) is 0 Å². The van der Waals surface area contributed by atoms with Crippen molar-refractivity contribution in [1.82, 2.24) is 0 Å². The summed E-state index contributed by atoms with van der Waals surface area (Å²) in [7, 11) is 14.6. The van der Waals surface area contributed by atoms with Crippen molar-refractivity contribution >= 4 is 18.1 Å². The summed E-state index contributed by atoms with van der Waals surface area (Å²) in [5.41, 5.74) is 5.61. The second kappa shape index (κ2) is 14.3. The topological polar surface area (TPSA) is 55.3 Å². The van der Waals surface area contributed by atoms with Crippen LogP contribution in [0.25, 0.3) is 44.2 Å². The van der Waals surface area contributed by atoms with Gasteiger partial charge in [-0.1, -0.05) is 115 Å². The molecule has 0 aliphatic carbocycles. The van der Waals surface area contributed by atoms with Crippen LogP contribution in [0.15, 0.2) is 115 Å². The van der Waals surface area contributed by atoms with E-state index < -0.39 is 7.32 Å². The summed E-state index contributed by atoms with van der Waals surface area (Å²) < 4.78 is 7.45. The summed E-state index contributed by atoms with van der Waals surface area (Å²) in [6, 6.07) is 37.7. The van der Waals surface area contributed by atoms with Crippen molar-refractivity contribution in [2.45, 2.75) is 0 Å². The van der Waals surface area contributed by atoms with Crippen molar-refractivity contribution in [3.8, 4) is 39.1 Å². The highest BCUT2D eigenvalue weighted by Crippen LogP contribution is 2.50. The van der Waals surface area contributed by atoms with Crippen molar-refractivity contribution in [3.05, 3.63) is 115 Å². The van der Waals surface area contributed by atoms with E-state index in [4.69, 9.17) is 4.65 Å². The maximum absolute atomic E-state index is 11.7. The zero-order chi connectivity index (χ0) is 30.9. The van der Waals surface area contributed by atoms with Gasteiger partial charge in [0.1, 0.15) is 13.1 Å². The number of nitrogens with zero attached hydrogens (tertiary/aromatic N) is 2. The molecule has 0 saturated carbocycles. The first kappa shape index (κ1) is 32.6. The lowest BCUT2D eigenvalue weighted by Crippen LogP contribution is -2.50. The smallest absolute Gasteiger partial charge is 0.133 e. The van der Waals surface area contributed by atoms with Gasteiger partial charge in [-0.3, -0.25) is 0 Å². The molecule has 5 aromatic carbocycles. The molecule has 5 aromatic rings. The number of quaternary nitrogens is 2. The third-order valence-corrected chi connectivity index (χ3v) is 5.57. The molecule has 0 heterocycles. The number of fused-ring (bicyclic) bond motifs is 1. The molecule has 0 saturated heterocycles. The van der Waals surface area contributed by atoms with Gasteiger partial charge in [-0.2, -0.15) is 0 Å². The van der Waals surface area contributed by atoms with E-state index in [2.05, 4.69) is 68.5 Å². The van der Waals surface area contributed by atoms with Crippen LogP contribution in [0.3, 0.4) is 0 Å². The van der Waals surface area contributed by atoms with Gasteiger partial charge in [0.25, 0.3) is 0 Å². The molecule has 0 atom stereocenters. The van der Waals surface area contributed by atoms with Crippen molar-refractivity contribution in [3.63, 3.8) is 0 Å². The van der Waals surface area contributed by atoms with Gasteiger partial charge in [-0.25, -0.2) is 0 Å². The quantitative estimate of drug-likeness (QED) is 0.208. The average molecular weight is 563 g/mol. The lowest BCUT2D eigenvalue weighted by atomic mass is 9.83. The SMILES string of the molecule is C[N+](C)(C)C.C[N+](C)(C)C.[O-]B([O-])Oc1c(-c2ccccc2)c(-c2ccccc2)c(-c2ccccc2)c2ccccc12. The van der Waals surface area contributed by atoms with Gasteiger partial charge in [0.2, 0.25) is 0 Å². The summed E-state index contributed by atoms with van der Waals surface area (Å²) in [4.78, 5) is 0. The standard InChI is InChI=1S/C28H19BO3.2C4H12N/c30-29(31)32-28-24-19-11-10-18-23(24)25(20-12-4-1-5-13-20)26(21-14-6-2-7-15-21)27(28)22-16-8-3-9-17-22;2*1-5(2,3)4/h1-19H;2*1-4H3/q-2;2*+1. The Balaban J connectivity index is 0.000000420. The molecule has 218 valence electrons. The van der Waals surface area contributed by atoms with E-state index in [0.29, 0.717) is 5.75 Å². The van der Waals surface area contributed by atoms with E-state index >= 15 is 0 Å². The molecule has 5 rings (SSSR count). The molecular formula is C36H43BN2O3. The van der Waals surface area contributed by atoms with Crippen LogP contribution in [0.5, 0.6) is 5.75 Å². The molecule has 0 N–H and O–H groups in total. The number of hydrogen-bond donors (Lipinski definition) is 0. The molecule has 0 radical (unpaired) electrons. The van der Waals surface area contributed by atoms with Gasteiger partial charge < -0.3 is 23.7 Å². The van der Waals surface area contributed by atoms with Gasteiger partial charge in [0.05, 0.1) is 56.4 Å². The first-order valence-electron chi connectivity index (χ1n) is 14.0. The second-order valence-corrected chi connectivity index (χ2v) is 12.9. The summed E-state index contributed by atoms with van der Waals surface area (Å²) >= 11 is 0. The summed E-state index contributed by atoms with van der Waals surface area (Å²) in [5.74, 6) is 0.320. The lowest BCUT2D eigenvalue weighted by molar-refractivity contribution is -0.849. The van der Waals surface area contributed by atoms with Crippen molar-refractivity contribution < 1.29 is 23.7 Å². The Morgan fingerprint density at radius 3 is 1.12 bits per heavy atom. The number of benzene rings is 5. The maximum atomic E-state index is 11.7. The fraction of sp³-hybridized carbons (Fsp3) is 0.222. The minimum atomic E-state index is -2.44. The van der Waals surface area contributed by atoms with Crippen LogP contribution >= 0.6 is 0 Å². The van der Waals surface area contributed by atoms with Crippen molar-refractivity contribution in [2.24, 2.45) is 0 Å². The molecule has 0 unspecified atom stereocenters. The molecule has 42 heavy (non-hydrogen) atoms. The van der Waals surface area contributed by atoms with Crippen LogP contribution in [0, 0.1) is 0 Å². The van der Waals surface area contributed by atoms with Crippen molar-refractivity contribution in [2.75, 3.05) is 56.4 Å². The summed E-state index contributed by atoms with van der Waals surface area (Å²) in [6.45, 7) is 0. The van der Waals surface area contributed by atoms with Crippen LogP contribution in [-0.2, 0) is 0 Å². The normalized spacial score (nSPS) is 11.1. The third kappa shape index (κ3) is 9.86. The zero-order valence-electron chi connectivity index (χ0n) is 26.2. The highest BCUT2D eigenvalue weighted by atomic mass is 16.6. The predicted octanol–water partition coefficient (Wildman–Crippen LogP) is 5.57. The minimum absolute atomic E-state index is 0.320. The van der Waals surface area contributed by atoms with Crippen LogP contribution in [0.2, 0.25) is 0 Å². The van der Waals surface area contributed by atoms with Gasteiger partial charge >= 0.3 is 0 Å². The molecule has 0 spiro atoms. The molecule has 6 heteroatoms.